The van der Waals surface area contributed by atoms with E-state index in [4.69, 9.17) is 4.74 Å². The molecule has 2 aromatic carbocycles. The first-order valence-corrected chi connectivity index (χ1v) is 7.56. The van der Waals surface area contributed by atoms with Crippen LogP contribution in [0.2, 0.25) is 0 Å². The summed E-state index contributed by atoms with van der Waals surface area (Å²) in [5.41, 5.74) is 0.372. The van der Waals surface area contributed by atoms with Crippen molar-refractivity contribution >= 4 is 17.5 Å². The minimum atomic E-state index is -0.660. The number of carbonyl (C=O) groups is 1. The molecule has 0 aliphatic rings. The minimum Gasteiger partial charge on any atom is -0.443 e. The van der Waals surface area contributed by atoms with Crippen molar-refractivity contribution in [1.82, 2.24) is 0 Å². The van der Waals surface area contributed by atoms with Crippen molar-refractivity contribution in [3.8, 4) is 0 Å². The number of rotatable bonds is 4. The Kier molecular flexibility index (Phi) is 5.18. The Bertz CT molecular complexity index is 723. The van der Waals surface area contributed by atoms with Crippen LogP contribution in [0.25, 0.3) is 0 Å². The summed E-state index contributed by atoms with van der Waals surface area (Å²) >= 11 is 0. The fourth-order valence-corrected chi connectivity index (χ4v) is 2.18. The molecule has 0 bridgehead atoms. The molecule has 0 aromatic heterocycles. The number of carbonyl (C=O) groups excluding carboxylic acids is 1. The van der Waals surface area contributed by atoms with Crippen LogP contribution in [0.1, 0.15) is 26.3 Å². The van der Waals surface area contributed by atoms with Crippen LogP contribution in [-0.2, 0) is 11.3 Å². The van der Waals surface area contributed by atoms with Gasteiger partial charge in [0.2, 0.25) is 0 Å². The molecule has 24 heavy (non-hydrogen) atoms. The Balaban J connectivity index is 2.37. The van der Waals surface area contributed by atoms with Gasteiger partial charge in [0, 0.05) is 17.3 Å². The molecule has 0 unspecified atom stereocenters. The van der Waals surface area contributed by atoms with Gasteiger partial charge in [-0.2, -0.15) is 0 Å². The van der Waals surface area contributed by atoms with E-state index in [1.807, 2.05) is 6.07 Å². The van der Waals surface area contributed by atoms with Gasteiger partial charge >= 0.3 is 6.09 Å². The fraction of sp³-hybridized carbons (Fsp3) is 0.278. The molecule has 0 aliphatic heterocycles. The Morgan fingerprint density at radius 3 is 2.25 bits per heavy atom. The fourth-order valence-electron chi connectivity index (χ4n) is 2.18. The summed E-state index contributed by atoms with van der Waals surface area (Å²) in [6.45, 7) is 5.38. The number of hydrogen-bond donors (Lipinski definition) is 0. The predicted molar refractivity (Wildman–Crippen MR) is 92.0 cm³/mol. The van der Waals surface area contributed by atoms with Crippen LogP contribution in [0.4, 0.5) is 16.2 Å². The lowest BCUT2D eigenvalue weighted by atomic mass is 10.1. The highest BCUT2D eigenvalue weighted by molar-refractivity contribution is 5.88. The molecule has 2 rings (SSSR count). The summed E-state index contributed by atoms with van der Waals surface area (Å²) < 4.78 is 5.44. The third-order valence-electron chi connectivity index (χ3n) is 3.20. The summed E-state index contributed by atoms with van der Waals surface area (Å²) in [6, 6.07) is 15.3. The number of anilines is 1. The van der Waals surface area contributed by atoms with E-state index in [2.05, 4.69) is 0 Å². The zero-order valence-electron chi connectivity index (χ0n) is 13.9. The minimum absolute atomic E-state index is 0.0259. The number of amides is 1. The molecule has 0 aliphatic carbocycles. The first-order valence-electron chi connectivity index (χ1n) is 7.56. The maximum Gasteiger partial charge on any atom is 0.415 e. The highest BCUT2D eigenvalue weighted by Gasteiger charge is 2.25. The van der Waals surface area contributed by atoms with Crippen LogP contribution in [0.15, 0.2) is 54.6 Å². The second-order valence-electron chi connectivity index (χ2n) is 6.29. The molecular formula is C18H20N2O4. The molecule has 126 valence electrons. The Labute approximate surface area is 140 Å². The van der Waals surface area contributed by atoms with Gasteiger partial charge in [-0.1, -0.05) is 36.4 Å². The molecule has 0 saturated carbocycles. The van der Waals surface area contributed by atoms with Crippen molar-refractivity contribution < 1.29 is 14.5 Å². The molecule has 0 fully saturated rings. The molecular weight excluding hydrogens is 308 g/mol. The van der Waals surface area contributed by atoms with Crippen LogP contribution in [-0.4, -0.2) is 16.6 Å². The predicted octanol–water partition coefficient (Wildman–Crippen LogP) is 4.54. The summed E-state index contributed by atoms with van der Waals surface area (Å²) in [5, 5.41) is 11.2. The SMILES string of the molecule is CC(C)(C)OC(=O)N(Cc1ccccc1[N+](=O)[O-])c1ccccc1. The van der Waals surface area contributed by atoms with E-state index < -0.39 is 16.6 Å². The third kappa shape index (κ3) is 4.55. The van der Waals surface area contributed by atoms with Crippen LogP contribution >= 0.6 is 0 Å². The highest BCUT2D eigenvalue weighted by atomic mass is 16.6. The van der Waals surface area contributed by atoms with Gasteiger partial charge in [-0.3, -0.25) is 15.0 Å². The van der Waals surface area contributed by atoms with Gasteiger partial charge < -0.3 is 4.74 Å². The van der Waals surface area contributed by atoms with E-state index in [9.17, 15) is 14.9 Å². The molecule has 0 heterocycles. The quantitative estimate of drug-likeness (QED) is 0.610. The lowest BCUT2D eigenvalue weighted by Crippen LogP contribution is -2.36. The zero-order valence-corrected chi connectivity index (χ0v) is 13.9. The second kappa shape index (κ2) is 7.12. The summed E-state index contributed by atoms with van der Waals surface area (Å²) in [6.07, 6.45) is -0.549. The number of nitro groups is 1. The lowest BCUT2D eigenvalue weighted by molar-refractivity contribution is -0.385. The van der Waals surface area contributed by atoms with E-state index in [1.165, 1.54) is 11.0 Å². The number of para-hydroxylation sites is 2. The number of nitrogens with zero attached hydrogens (tertiary/aromatic N) is 2. The van der Waals surface area contributed by atoms with Gasteiger partial charge in [-0.15, -0.1) is 0 Å². The maximum absolute atomic E-state index is 12.6. The van der Waals surface area contributed by atoms with Crippen LogP contribution in [0.3, 0.4) is 0 Å². The molecule has 0 atom stereocenters. The average molecular weight is 328 g/mol. The Morgan fingerprint density at radius 1 is 1.08 bits per heavy atom. The number of benzene rings is 2. The molecule has 0 N–H and O–H groups in total. The number of hydrogen-bond acceptors (Lipinski definition) is 4. The molecule has 0 radical (unpaired) electrons. The van der Waals surface area contributed by atoms with Crippen LogP contribution in [0, 0.1) is 10.1 Å². The van der Waals surface area contributed by atoms with Crippen molar-refractivity contribution in [3.63, 3.8) is 0 Å². The van der Waals surface area contributed by atoms with Crippen molar-refractivity contribution in [2.75, 3.05) is 4.90 Å². The van der Waals surface area contributed by atoms with Crippen molar-refractivity contribution in [1.29, 1.82) is 0 Å². The zero-order chi connectivity index (χ0) is 17.7. The van der Waals surface area contributed by atoms with E-state index >= 15 is 0 Å². The van der Waals surface area contributed by atoms with Gasteiger partial charge in [0.25, 0.3) is 5.69 Å². The number of nitro benzene ring substituents is 1. The highest BCUT2D eigenvalue weighted by Crippen LogP contribution is 2.25. The van der Waals surface area contributed by atoms with Crippen LogP contribution in [0.5, 0.6) is 0 Å². The monoisotopic (exact) mass is 328 g/mol. The Hall–Kier alpha value is -2.89. The van der Waals surface area contributed by atoms with Crippen LogP contribution < -0.4 is 4.90 Å². The molecule has 0 saturated heterocycles. The van der Waals surface area contributed by atoms with Gasteiger partial charge in [0.05, 0.1) is 11.5 Å². The molecule has 2 aromatic rings. The van der Waals surface area contributed by atoms with E-state index in [-0.39, 0.29) is 12.2 Å². The summed E-state index contributed by atoms with van der Waals surface area (Å²) in [4.78, 5) is 24.7. The van der Waals surface area contributed by atoms with Gasteiger partial charge in [0.15, 0.2) is 0 Å². The van der Waals surface area contributed by atoms with Gasteiger partial charge in [0.1, 0.15) is 5.60 Å². The normalized spacial score (nSPS) is 11.0. The first kappa shape index (κ1) is 17.5. The maximum atomic E-state index is 12.6. The second-order valence-corrected chi connectivity index (χ2v) is 6.29. The molecule has 6 heteroatoms. The average Bonchev–Trinajstić information content (AvgIpc) is 2.52. The molecule has 0 spiro atoms. The van der Waals surface area contributed by atoms with E-state index in [0.717, 1.165) is 0 Å². The smallest absolute Gasteiger partial charge is 0.415 e. The topological polar surface area (TPSA) is 72.7 Å². The standard InChI is InChI=1S/C18H20N2O4/c1-18(2,3)24-17(21)19(15-10-5-4-6-11-15)13-14-9-7-8-12-16(14)20(22)23/h4-12H,13H2,1-3H3. The third-order valence-corrected chi connectivity index (χ3v) is 3.20. The summed E-state index contributed by atoms with van der Waals surface area (Å²) in [7, 11) is 0. The Morgan fingerprint density at radius 2 is 1.67 bits per heavy atom. The van der Waals surface area contributed by atoms with E-state index in [1.54, 1.807) is 63.2 Å². The molecule has 6 nitrogen and oxygen atoms in total. The lowest BCUT2D eigenvalue weighted by Gasteiger charge is -2.27. The number of ether oxygens (including phenoxy) is 1. The van der Waals surface area contributed by atoms with Gasteiger partial charge in [-0.25, -0.2) is 4.79 Å². The molecule has 1 amide bonds. The summed E-state index contributed by atoms with van der Waals surface area (Å²) in [5.74, 6) is 0. The van der Waals surface area contributed by atoms with Crippen molar-refractivity contribution in [2.45, 2.75) is 32.9 Å². The van der Waals surface area contributed by atoms with Gasteiger partial charge in [-0.05, 0) is 32.9 Å². The van der Waals surface area contributed by atoms with Crippen molar-refractivity contribution in [2.24, 2.45) is 0 Å². The first-order chi connectivity index (χ1) is 11.3. The largest absolute Gasteiger partial charge is 0.443 e. The van der Waals surface area contributed by atoms with E-state index in [0.29, 0.717) is 11.3 Å². The van der Waals surface area contributed by atoms with Crippen molar-refractivity contribution in [3.05, 3.63) is 70.3 Å².